The van der Waals surface area contributed by atoms with Crippen LogP contribution in [0.3, 0.4) is 0 Å². The van der Waals surface area contributed by atoms with Crippen LogP contribution in [0.1, 0.15) is 36.1 Å². The lowest BCUT2D eigenvalue weighted by molar-refractivity contribution is 0.582. The Balaban J connectivity index is 2.50. The molecule has 0 amide bonds. The van der Waals surface area contributed by atoms with Crippen LogP contribution < -0.4 is 5.32 Å². The molecule has 112 valence electrons. The van der Waals surface area contributed by atoms with Gasteiger partial charge in [-0.25, -0.2) is 4.39 Å². The fourth-order valence-corrected chi connectivity index (χ4v) is 2.54. The van der Waals surface area contributed by atoms with E-state index in [-0.39, 0.29) is 5.82 Å². The summed E-state index contributed by atoms with van der Waals surface area (Å²) in [6.45, 7) is 11.2. The molecule has 0 atom stereocenters. The molecule has 2 aromatic rings. The summed E-state index contributed by atoms with van der Waals surface area (Å²) < 4.78 is 13.6. The van der Waals surface area contributed by atoms with Crippen LogP contribution in [0.5, 0.6) is 0 Å². The van der Waals surface area contributed by atoms with E-state index < -0.39 is 0 Å². The van der Waals surface area contributed by atoms with E-state index in [0.717, 1.165) is 11.1 Å². The van der Waals surface area contributed by atoms with E-state index in [1.165, 1.54) is 22.3 Å². The summed E-state index contributed by atoms with van der Waals surface area (Å²) in [5.74, 6) is -0.180. The number of benzene rings is 2. The molecule has 0 fully saturated rings. The average molecular weight is 285 g/mol. The Morgan fingerprint density at radius 3 is 2.24 bits per heavy atom. The van der Waals surface area contributed by atoms with Crippen molar-refractivity contribution in [1.82, 2.24) is 5.32 Å². The van der Waals surface area contributed by atoms with Crippen molar-refractivity contribution in [2.24, 2.45) is 0 Å². The van der Waals surface area contributed by atoms with Crippen LogP contribution >= 0.6 is 0 Å². The topological polar surface area (TPSA) is 12.0 Å². The lowest BCUT2D eigenvalue weighted by atomic mass is 9.92. The van der Waals surface area contributed by atoms with Gasteiger partial charge in [0.1, 0.15) is 5.82 Å². The molecule has 0 saturated carbocycles. The second-order valence-electron chi connectivity index (χ2n) is 6.09. The van der Waals surface area contributed by atoms with Crippen LogP contribution in [0, 0.1) is 26.6 Å². The minimum atomic E-state index is -0.180. The molecule has 1 N–H and O–H groups in total. The van der Waals surface area contributed by atoms with Crippen molar-refractivity contribution in [3.05, 3.63) is 58.4 Å². The number of nitrogens with one attached hydrogen (secondary N) is 1. The average Bonchev–Trinajstić information content (AvgIpc) is 2.41. The van der Waals surface area contributed by atoms with E-state index >= 15 is 0 Å². The van der Waals surface area contributed by atoms with E-state index in [9.17, 15) is 4.39 Å². The maximum Gasteiger partial charge on any atom is 0.123 e. The highest BCUT2D eigenvalue weighted by atomic mass is 19.1. The summed E-state index contributed by atoms with van der Waals surface area (Å²) in [6.07, 6.45) is 0. The molecule has 0 spiro atoms. The zero-order chi connectivity index (χ0) is 15.6. The van der Waals surface area contributed by atoms with Gasteiger partial charge in [0.15, 0.2) is 0 Å². The molecule has 0 aromatic heterocycles. The maximum atomic E-state index is 13.6. The highest BCUT2D eigenvalue weighted by Gasteiger charge is 2.11. The van der Waals surface area contributed by atoms with Gasteiger partial charge in [-0.1, -0.05) is 32.0 Å². The first kappa shape index (κ1) is 15.7. The normalized spacial score (nSPS) is 11.2. The van der Waals surface area contributed by atoms with E-state index in [2.05, 4.69) is 52.1 Å². The van der Waals surface area contributed by atoms with E-state index in [4.69, 9.17) is 0 Å². The van der Waals surface area contributed by atoms with Crippen LogP contribution in [0.25, 0.3) is 11.1 Å². The highest BCUT2D eigenvalue weighted by molar-refractivity contribution is 5.72. The summed E-state index contributed by atoms with van der Waals surface area (Å²) in [4.78, 5) is 0. The van der Waals surface area contributed by atoms with E-state index in [0.29, 0.717) is 12.6 Å². The summed E-state index contributed by atoms with van der Waals surface area (Å²) >= 11 is 0. The molecule has 1 nitrogen and oxygen atoms in total. The third-order valence-corrected chi connectivity index (χ3v) is 3.90. The Labute approximate surface area is 127 Å². The minimum Gasteiger partial charge on any atom is -0.310 e. The predicted molar refractivity (Wildman–Crippen MR) is 88.0 cm³/mol. The first-order valence-corrected chi connectivity index (χ1v) is 7.48. The summed E-state index contributed by atoms with van der Waals surface area (Å²) in [7, 11) is 0. The highest BCUT2D eigenvalue weighted by Crippen LogP contribution is 2.30. The SMILES string of the molecule is Cc1cc(C)c(-c2ccc(F)cc2CNC(C)C)cc1C. The van der Waals surface area contributed by atoms with Crippen LogP contribution in [0.15, 0.2) is 30.3 Å². The third-order valence-electron chi connectivity index (χ3n) is 3.90. The van der Waals surface area contributed by atoms with E-state index in [1.54, 1.807) is 12.1 Å². The van der Waals surface area contributed by atoms with E-state index in [1.807, 2.05) is 6.07 Å². The predicted octanol–water partition coefficient (Wildman–Crippen LogP) is 4.92. The smallest absolute Gasteiger partial charge is 0.123 e. The minimum absolute atomic E-state index is 0.180. The molecule has 0 aliphatic carbocycles. The van der Waals surface area contributed by atoms with Crippen molar-refractivity contribution >= 4 is 0 Å². The number of hydrogen-bond acceptors (Lipinski definition) is 1. The molecule has 0 saturated heterocycles. The third kappa shape index (κ3) is 3.70. The number of aryl methyl sites for hydroxylation is 3. The number of rotatable bonds is 4. The Kier molecular flexibility index (Phi) is 4.79. The van der Waals surface area contributed by atoms with Gasteiger partial charge >= 0.3 is 0 Å². The molecule has 0 aliphatic heterocycles. The van der Waals surface area contributed by atoms with Crippen molar-refractivity contribution in [1.29, 1.82) is 0 Å². The standard InChI is InChI=1S/C19H24FN/c1-12(2)21-11-16-10-17(20)6-7-18(16)19-9-14(4)13(3)8-15(19)5/h6-10,12,21H,11H2,1-5H3. The Bertz CT molecular complexity index is 644. The molecule has 0 unspecified atom stereocenters. The van der Waals surface area contributed by atoms with Gasteiger partial charge in [0.25, 0.3) is 0 Å². The first-order valence-electron chi connectivity index (χ1n) is 7.48. The fourth-order valence-electron chi connectivity index (χ4n) is 2.54. The molecule has 0 heterocycles. The Hall–Kier alpha value is -1.67. The second-order valence-corrected chi connectivity index (χ2v) is 6.09. The zero-order valence-corrected chi connectivity index (χ0v) is 13.5. The van der Waals surface area contributed by atoms with Gasteiger partial charge in [-0.05, 0) is 66.3 Å². The summed E-state index contributed by atoms with van der Waals surface area (Å²) in [6, 6.07) is 9.86. The molecule has 21 heavy (non-hydrogen) atoms. The van der Waals surface area contributed by atoms with Crippen molar-refractivity contribution < 1.29 is 4.39 Å². The van der Waals surface area contributed by atoms with Gasteiger partial charge in [0.05, 0.1) is 0 Å². The van der Waals surface area contributed by atoms with Crippen molar-refractivity contribution in [3.63, 3.8) is 0 Å². The molecule has 0 radical (unpaired) electrons. The molecule has 0 bridgehead atoms. The fraction of sp³-hybridized carbons (Fsp3) is 0.368. The number of hydrogen-bond donors (Lipinski definition) is 1. The molecule has 2 aromatic carbocycles. The van der Waals surface area contributed by atoms with Gasteiger partial charge in [0.2, 0.25) is 0 Å². The monoisotopic (exact) mass is 285 g/mol. The van der Waals surface area contributed by atoms with Gasteiger partial charge in [0, 0.05) is 12.6 Å². The van der Waals surface area contributed by atoms with Crippen molar-refractivity contribution in [2.45, 2.75) is 47.2 Å². The summed E-state index contributed by atoms with van der Waals surface area (Å²) in [5, 5.41) is 3.38. The van der Waals surface area contributed by atoms with Crippen molar-refractivity contribution in [2.75, 3.05) is 0 Å². The second kappa shape index (κ2) is 6.40. The maximum absolute atomic E-state index is 13.6. The van der Waals surface area contributed by atoms with Gasteiger partial charge in [-0.15, -0.1) is 0 Å². The number of halogens is 1. The zero-order valence-electron chi connectivity index (χ0n) is 13.5. The van der Waals surface area contributed by atoms with Crippen LogP contribution in [0.4, 0.5) is 4.39 Å². The molecule has 0 aliphatic rings. The van der Waals surface area contributed by atoms with Gasteiger partial charge < -0.3 is 5.32 Å². The Morgan fingerprint density at radius 1 is 0.905 bits per heavy atom. The Morgan fingerprint density at radius 2 is 1.57 bits per heavy atom. The van der Waals surface area contributed by atoms with Crippen LogP contribution in [-0.4, -0.2) is 6.04 Å². The van der Waals surface area contributed by atoms with Gasteiger partial charge in [-0.3, -0.25) is 0 Å². The lowest BCUT2D eigenvalue weighted by Crippen LogP contribution is -2.22. The quantitative estimate of drug-likeness (QED) is 0.841. The molecule has 2 rings (SSSR count). The first-order chi connectivity index (χ1) is 9.88. The molecular formula is C19H24FN. The van der Waals surface area contributed by atoms with Crippen LogP contribution in [-0.2, 0) is 6.54 Å². The largest absolute Gasteiger partial charge is 0.310 e. The molecular weight excluding hydrogens is 261 g/mol. The summed E-state index contributed by atoms with van der Waals surface area (Å²) in [5.41, 5.74) is 7.11. The lowest BCUT2D eigenvalue weighted by Gasteiger charge is -2.16. The van der Waals surface area contributed by atoms with Gasteiger partial charge in [-0.2, -0.15) is 0 Å². The van der Waals surface area contributed by atoms with Crippen molar-refractivity contribution in [3.8, 4) is 11.1 Å². The van der Waals surface area contributed by atoms with Crippen LogP contribution in [0.2, 0.25) is 0 Å². The molecule has 2 heteroatoms.